The second-order valence-electron chi connectivity index (χ2n) is 1.71. The molecule has 9 heavy (non-hydrogen) atoms. The van der Waals surface area contributed by atoms with Crippen molar-refractivity contribution in [2.75, 3.05) is 0 Å². The zero-order valence-electron chi connectivity index (χ0n) is 4.48. The minimum Gasteiger partial charge on any atom is -0.480 e. The van der Waals surface area contributed by atoms with Gasteiger partial charge in [-0.15, -0.1) is 0 Å². The summed E-state index contributed by atoms with van der Waals surface area (Å²) in [4.78, 5) is 3.76. The van der Waals surface area contributed by atoms with Crippen LogP contribution in [0.2, 0.25) is 0 Å². The van der Waals surface area contributed by atoms with Crippen LogP contribution < -0.4 is 0 Å². The van der Waals surface area contributed by atoms with Crippen LogP contribution >= 0.6 is 0 Å². The number of rotatable bonds is 0. The summed E-state index contributed by atoms with van der Waals surface area (Å²) >= 11 is 0. The highest BCUT2D eigenvalue weighted by atomic mass is 16.5. The lowest BCUT2D eigenvalue weighted by atomic mass is 10.9. The predicted molar refractivity (Wildman–Crippen MR) is 29.1 cm³/mol. The summed E-state index contributed by atoms with van der Waals surface area (Å²) in [6, 6.07) is 0. The number of imidazole rings is 1. The van der Waals surface area contributed by atoms with Crippen LogP contribution in [0.25, 0.3) is 5.71 Å². The van der Waals surface area contributed by atoms with Crippen molar-refractivity contribution < 1.29 is 9.52 Å². The Morgan fingerprint density at radius 2 is 2.56 bits per heavy atom. The van der Waals surface area contributed by atoms with Crippen molar-refractivity contribution in [2.24, 2.45) is 0 Å². The van der Waals surface area contributed by atoms with Crippen molar-refractivity contribution in [1.82, 2.24) is 9.38 Å². The third-order valence-corrected chi connectivity index (χ3v) is 1.09. The monoisotopic (exact) mass is 124 g/mol. The van der Waals surface area contributed by atoms with E-state index in [0.29, 0.717) is 5.71 Å². The first-order valence-electron chi connectivity index (χ1n) is 2.47. The topological polar surface area (TPSA) is 50.7 Å². The van der Waals surface area contributed by atoms with Gasteiger partial charge in [0, 0.05) is 0 Å². The van der Waals surface area contributed by atoms with Crippen LogP contribution in [0, 0.1) is 0 Å². The van der Waals surface area contributed by atoms with E-state index in [4.69, 9.17) is 9.52 Å². The Morgan fingerprint density at radius 1 is 1.67 bits per heavy atom. The zero-order chi connectivity index (χ0) is 6.27. The van der Waals surface area contributed by atoms with Gasteiger partial charge in [-0.05, 0) is 0 Å². The predicted octanol–water partition coefficient (Wildman–Crippen LogP) is 0.633. The largest absolute Gasteiger partial charge is 0.480 e. The molecule has 4 heteroatoms. The first-order valence-corrected chi connectivity index (χ1v) is 2.47. The zero-order valence-corrected chi connectivity index (χ0v) is 4.48. The number of oxazole rings is 1. The normalized spacial score (nSPS) is 10.7. The van der Waals surface area contributed by atoms with Crippen molar-refractivity contribution in [1.29, 1.82) is 0 Å². The highest BCUT2D eigenvalue weighted by Gasteiger charge is 1.98. The van der Waals surface area contributed by atoms with Crippen LogP contribution in [-0.2, 0) is 0 Å². The first-order chi connectivity index (χ1) is 4.36. The summed E-state index contributed by atoms with van der Waals surface area (Å²) in [6.45, 7) is 0. The number of nitrogens with zero attached hydrogens (tertiary/aromatic N) is 2. The quantitative estimate of drug-likeness (QED) is 0.560. The van der Waals surface area contributed by atoms with Crippen molar-refractivity contribution in [3.8, 4) is 5.95 Å². The Balaban J connectivity index is 2.92. The molecule has 0 aliphatic heterocycles. The molecule has 4 nitrogen and oxygen atoms in total. The van der Waals surface area contributed by atoms with Gasteiger partial charge in [-0.25, -0.2) is 4.98 Å². The minimum atomic E-state index is -0.0904. The second-order valence-corrected chi connectivity index (χ2v) is 1.71. The molecule has 1 N–H and O–H groups in total. The molecular formula is C5H4N2O2. The van der Waals surface area contributed by atoms with E-state index in [0.717, 1.165) is 0 Å². The number of aromatic hydroxyl groups is 1. The van der Waals surface area contributed by atoms with Gasteiger partial charge in [0.1, 0.15) is 6.33 Å². The minimum absolute atomic E-state index is 0.0904. The van der Waals surface area contributed by atoms with Crippen LogP contribution in [0.3, 0.4) is 0 Å². The van der Waals surface area contributed by atoms with Crippen molar-refractivity contribution in [3.63, 3.8) is 0 Å². The fourth-order valence-electron chi connectivity index (χ4n) is 0.721. The maximum atomic E-state index is 8.73. The number of aromatic nitrogens is 2. The number of hydrogen-bond donors (Lipinski definition) is 1. The Kier molecular flexibility index (Phi) is 0.631. The summed E-state index contributed by atoms with van der Waals surface area (Å²) < 4.78 is 6.36. The molecule has 0 spiro atoms. The summed E-state index contributed by atoms with van der Waals surface area (Å²) in [5.74, 6) is -0.0904. The summed E-state index contributed by atoms with van der Waals surface area (Å²) in [5.41, 5.74) is 0.549. The molecule has 2 rings (SSSR count). The average molecular weight is 124 g/mol. The molecule has 0 saturated heterocycles. The Morgan fingerprint density at radius 3 is 3.33 bits per heavy atom. The lowest BCUT2D eigenvalue weighted by Gasteiger charge is -1.70. The molecule has 0 amide bonds. The number of fused-ring (bicyclic) bond motifs is 1. The van der Waals surface area contributed by atoms with E-state index in [2.05, 4.69) is 4.98 Å². The van der Waals surface area contributed by atoms with Crippen LogP contribution in [0.15, 0.2) is 23.1 Å². The van der Waals surface area contributed by atoms with Gasteiger partial charge < -0.3 is 9.52 Å². The lowest BCUT2D eigenvalue weighted by Crippen LogP contribution is -1.66. The molecule has 2 heterocycles. The van der Waals surface area contributed by atoms with Crippen LogP contribution in [0.4, 0.5) is 0 Å². The molecule has 0 bridgehead atoms. The summed E-state index contributed by atoms with van der Waals surface area (Å²) in [7, 11) is 0. The maximum absolute atomic E-state index is 8.73. The molecule has 0 radical (unpaired) electrons. The molecule has 0 unspecified atom stereocenters. The van der Waals surface area contributed by atoms with E-state index in [1.54, 1.807) is 10.7 Å². The van der Waals surface area contributed by atoms with Gasteiger partial charge in [0.05, 0.1) is 12.4 Å². The van der Waals surface area contributed by atoms with Gasteiger partial charge in [0.2, 0.25) is 5.71 Å². The van der Waals surface area contributed by atoms with Gasteiger partial charge in [0.15, 0.2) is 0 Å². The van der Waals surface area contributed by atoms with E-state index in [-0.39, 0.29) is 5.95 Å². The molecule has 2 aromatic rings. The maximum Gasteiger partial charge on any atom is 0.301 e. The lowest BCUT2D eigenvalue weighted by molar-refractivity contribution is 0.346. The highest BCUT2D eigenvalue weighted by Crippen LogP contribution is 2.13. The fraction of sp³-hybridized carbons (Fsp3) is 0. The third kappa shape index (κ3) is 0.495. The Bertz CT molecular complexity index is 294. The van der Waals surface area contributed by atoms with Gasteiger partial charge in [0.25, 0.3) is 0 Å². The molecule has 0 aromatic carbocycles. The Labute approximate surface area is 50.4 Å². The van der Waals surface area contributed by atoms with E-state index in [1.807, 2.05) is 0 Å². The van der Waals surface area contributed by atoms with Gasteiger partial charge in [-0.2, -0.15) is 0 Å². The van der Waals surface area contributed by atoms with E-state index in [9.17, 15) is 0 Å². The molecule has 2 aromatic heterocycles. The van der Waals surface area contributed by atoms with Crippen LogP contribution in [-0.4, -0.2) is 14.5 Å². The molecule has 0 fully saturated rings. The van der Waals surface area contributed by atoms with E-state index >= 15 is 0 Å². The number of hydrogen-bond acceptors (Lipinski definition) is 3. The molecule has 0 aliphatic rings. The molecule has 46 valence electrons. The third-order valence-electron chi connectivity index (χ3n) is 1.09. The summed E-state index contributed by atoms with van der Waals surface area (Å²) in [6.07, 6.45) is 4.53. The first kappa shape index (κ1) is 4.43. The smallest absolute Gasteiger partial charge is 0.301 e. The van der Waals surface area contributed by atoms with Gasteiger partial charge >= 0.3 is 5.95 Å². The van der Waals surface area contributed by atoms with Gasteiger partial charge in [-0.3, -0.25) is 4.40 Å². The van der Waals surface area contributed by atoms with Crippen molar-refractivity contribution >= 4 is 5.71 Å². The molecule has 0 saturated carbocycles. The fourth-order valence-corrected chi connectivity index (χ4v) is 0.721. The molecular weight excluding hydrogens is 120 g/mol. The second kappa shape index (κ2) is 1.28. The molecule has 0 atom stereocenters. The Hall–Kier alpha value is -1.45. The van der Waals surface area contributed by atoms with Crippen molar-refractivity contribution in [3.05, 3.63) is 18.7 Å². The highest BCUT2D eigenvalue weighted by molar-refractivity contribution is 5.32. The standard InChI is InChI=1S/C5H4N2O2/c8-5-2-7-3-6-1-4(7)9-5/h1-3,8H. The SMILES string of the molecule is Oc1cn2cncc2o1. The van der Waals surface area contributed by atoms with Crippen LogP contribution in [0.1, 0.15) is 0 Å². The van der Waals surface area contributed by atoms with Crippen molar-refractivity contribution in [2.45, 2.75) is 0 Å². The van der Waals surface area contributed by atoms with Gasteiger partial charge in [-0.1, -0.05) is 0 Å². The van der Waals surface area contributed by atoms with E-state index in [1.165, 1.54) is 12.4 Å². The van der Waals surface area contributed by atoms with E-state index < -0.39 is 0 Å². The summed E-state index contributed by atoms with van der Waals surface area (Å²) in [5, 5.41) is 8.73. The molecule has 0 aliphatic carbocycles. The average Bonchev–Trinajstić information content (AvgIpc) is 2.22. The van der Waals surface area contributed by atoms with Crippen LogP contribution in [0.5, 0.6) is 5.95 Å².